The molecule has 1 aliphatic heterocycles. The van der Waals surface area contributed by atoms with Crippen molar-refractivity contribution in [3.05, 3.63) is 0 Å². The minimum absolute atomic E-state index is 0.843. The lowest BCUT2D eigenvalue weighted by Crippen LogP contribution is -2.23. The van der Waals surface area contributed by atoms with Crippen LogP contribution in [-0.4, -0.2) is 13.2 Å². The Bertz CT molecular complexity index is 63.3. The summed E-state index contributed by atoms with van der Waals surface area (Å²) in [4.78, 5) is 0. The van der Waals surface area contributed by atoms with Gasteiger partial charge in [-0.05, 0) is 0 Å². The molecule has 1 nitrogen and oxygen atoms in total. The van der Waals surface area contributed by atoms with Crippen LogP contribution in [0.25, 0.3) is 0 Å². The smallest absolute Gasteiger partial charge is 0.0513 e. The number of rotatable bonds is 3. The summed E-state index contributed by atoms with van der Waals surface area (Å²) in [7, 11) is 0. The summed E-state index contributed by atoms with van der Waals surface area (Å²) in [6.07, 6.45) is 5.54. The van der Waals surface area contributed by atoms with Crippen LogP contribution < -0.4 is 0 Å². The van der Waals surface area contributed by atoms with E-state index in [1.54, 1.807) is 0 Å². The fraction of sp³-hybridized carbons (Fsp3) is 1.00. The van der Waals surface area contributed by atoms with Crippen LogP contribution in [0.2, 0.25) is 0 Å². The van der Waals surface area contributed by atoms with E-state index in [4.69, 9.17) is 4.74 Å². The van der Waals surface area contributed by atoms with E-state index in [2.05, 4.69) is 20.8 Å². The van der Waals surface area contributed by atoms with E-state index in [9.17, 15) is 0 Å². The van der Waals surface area contributed by atoms with Gasteiger partial charge in [-0.25, -0.2) is 0 Å². The van der Waals surface area contributed by atoms with Crippen LogP contribution in [0.3, 0.4) is 0 Å². The maximum atomic E-state index is 4.83. The van der Waals surface area contributed by atoms with Gasteiger partial charge >= 0.3 is 0 Å². The number of unbranched alkanes of at least 4 members (excludes halogenated alkanes) is 3. The standard InChI is InChI=1S/C6H14.C4H8O/c1-3-5-6-4-2;1-4-2-5-3-4/h3-6H2,1-2H3;4H,2-3H2,1H3. The molecule has 0 amide bonds. The summed E-state index contributed by atoms with van der Waals surface area (Å²) in [5.74, 6) is 0.843. The molecule has 1 heteroatoms. The van der Waals surface area contributed by atoms with Gasteiger partial charge in [0.05, 0.1) is 13.2 Å². The van der Waals surface area contributed by atoms with Gasteiger partial charge in [-0.3, -0.25) is 0 Å². The Kier molecular flexibility index (Phi) is 8.03. The zero-order valence-corrected chi connectivity index (χ0v) is 8.23. The molecule has 68 valence electrons. The molecule has 0 aromatic carbocycles. The maximum Gasteiger partial charge on any atom is 0.0513 e. The second-order valence-corrected chi connectivity index (χ2v) is 3.35. The molecule has 0 saturated carbocycles. The van der Waals surface area contributed by atoms with Gasteiger partial charge in [0.25, 0.3) is 0 Å². The largest absolute Gasteiger partial charge is 0.381 e. The van der Waals surface area contributed by atoms with E-state index >= 15 is 0 Å². The van der Waals surface area contributed by atoms with Crippen molar-refractivity contribution in [1.82, 2.24) is 0 Å². The van der Waals surface area contributed by atoms with E-state index in [1.165, 1.54) is 25.7 Å². The van der Waals surface area contributed by atoms with Gasteiger partial charge in [-0.1, -0.05) is 46.5 Å². The zero-order valence-electron chi connectivity index (χ0n) is 8.23. The van der Waals surface area contributed by atoms with Crippen molar-refractivity contribution in [3.8, 4) is 0 Å². The molecule has 0 radical (unpaired) electrons. The molecule has 1 heterocycles. The summed E-state index contributed by atoms with van der Waals surface area (Å²) in [5.41, 5.74) is 0. The molecule has 0 aromatic heterocycles. The minimum atomic E-state index is 0.843. The molecule has 0 aliphatic carbocycles. The van der Waals surface area contributed by atoms with Crippen LogP contribution in [0.1, 0.15) is 46.5 Å². The lowest BCUT2D eigenvalue weighted by molar-refractivity contribution is -0.0221. The molecular weight excluding hydrogens is 136 g/mol. The normalized spacial score (nSPS) is 16.6. The third-order valence-electron chi connectivity index (χ3n) is 1.76. The van der Waals surface area contributed by atoms with Crippen molar-refractivity contribution in [2.45, 2.75) is 46.5 Å². The van der Waals surface area contributed by atoms with Crippen molar-refractivity contribution in [2.24, 2.45) is 5.92 Å². The second-order valence-electron chi connectivity index (χ2n) is 3.35. The van der Waals surface area contributed by atoms with Gasteiger partial charge in [0, 0.05) is 5.92 Å². The van der Waals surface area contributed by atoms with Crippen LogP contribution >= 0.6 is 0 Å². The number of hydrogen-bond acceptors (Lipinski definition) is 1. The maximum absolute atomic E-state index is 4.83. The van der Waals surface area contributed by atoms with Crippen molar-refractivity contribution in [2.75, 3.05) is 13.2 Å². The van der Waals surface area contributed by atoms with E-state index in [-0.39, 0.29) is 0 Å². The van der Waals surface area contributed by atoms with Crippen LogP contribution in [-0.2, 0) is 4.74 Å². The molecule has 0 unspecified atom stereocenters. The third-order valence-corrected chi connectivity index (χ3v) is 1.76. The molecule has 1 fully saturated rings. The summed E-state index contributed by atoms with van der Waals surface area (Å²) in [6, 6.07) is 0. The summed E-state index contributed by atoms with van der Waals surface area (Å²) >= 11 is 0. The van der Waals surface area contributed by atoms with Gasteiger partial charge in [-0.2, -0.15) is 0 Å². The topological polar surface area (TPSA) is 9.23 Å². The molecule has 1 saturated heterocycles. The molecular formula is C10H22O. The molecule has 0 N–H and O–H groups in total. The van der Waals surface area contributed by atoms with E-state index < -0.39 is 0 Å². The van der Waals surface area contributed by atoms with Gasteiger partial charge in [0.2, 0.25) is 0 Å². The molecule has 0 bridgehead atoms. The second kappa shape index (κ2) is 8.06. The molecule has 11 heavy (non-hydrogen) atoms. The van der Waals surface area contributed by atoms with Crippen LogP contribution in [0.15, 0.2) is 0 Å². The highest BCUT2D eigenvalue weighted by Crippen LogP contribution is 2.05. The Morgan fingerprint density at radius 1 is 1.09 bits per heavy atom. The van der Waals surface area contributed by atoms with E-state index in [0.717, 1.165) is 19.1 Å². The zero-order chi connectivity index (χ0) is 8.53. The molecule has 1 aliphatic rings. The third kappa shape index (κ3) is 7.86. The highest BCUT2D eigenvalue weighted by molar-refractivity contribution is 4.56. The first-order valence-corrected chi connectivity index (χ1v) is 4.89. The first kappa shape index (κ1) is 11.0. The van der Waals surface area contributed by atoms with Crippen LogP contribution in [0, 0.1) is 5.92 Å². The van der Waals surface area contributed by atoms with Gasteiger partial charge in [-0.15, -0.1) is 0 Å². The Morgan fingerprint density at radius 2 is 1.45 bits per heavy atom. The first-order chi connectivity index (χ1) is 5.31. The fourth-order valence-corrected chi connectivity index (χ4v) is 0.854. The molecule has 0 aromatic rings. The van der Waals surface area contributed by atoms with Gasteiger partial charge in [0.1, 0.15) is 0 Å². The van der Waals surface area contributed by atoms with E-state index in [1.807, 2.05) is 0 Å². The quantitative estimate of drug-likeness (QED) is 0.573. The van der Waals surface area contributed by atoms with Crippen molar-refractivity contribution in [3.63, 3.8) is 0 Å². The van der Waals surface area contributed by atoms with Crippen LogP contribution in [0.5, 0.6) is 0 Å². The van der Waals surface area contributed by atoms with Crippen molar-refractivity contribution in [1.29, 1.82) is 0 Å². The van der Waals surface area contributed by atoms with Gasteiger partial charge in [0.15, 0.2) is 0 Å². The lowest BCUT2D eigenvalue weighted by atomic mass is 10.2. The fourth-order valence-electron chi connectivity index (χ4n) is 0.854. The molecule has 0 spiro atoms. The predicted molar refractivity (Wildman–Crippen MR) is 49.8 cm³/mol. The highest BCUT2D eigenvalue weighted by atomic mass is 16.5. The molecule has 0 atom stereocenters. The Labute approximate surface area is 71.1 Å². The highest BCUT2D eigenvalue weighted by Gasteiger charge is 2.09. The van der Waals surface area contributed by atoms with E-state index in [0.29, 0.717) is 0 Å². The Balaban J connectivity index is 0.000000183. The van der Waals surface area contributed by atoms with Gasteiger partial charge < -0.3 is 4.74 Å². The average molecular weight is 158 g/mol. The average Bonchev–Trinajstić information content (AvgIpc) is 1.98. The minimum Gasteiger partial charge on any atom is -0.381 e. The first-order valence-electron chi connectivity index (χ1n) is 4.89. The monoisotopic (exact) mass is 158 g/mol. The van der Waals surface area contributed by atoms with Crippen LogP contribution in [0.4, 0.5) is 0 Å². The molecule has 1 rings (SSSR count). The lowest BCUT2D eigenvalue weighted by Gasteiger charge is -2.20. The summed E-state index contributed by atoms with van der Waals surface area (Å²) in [6.45, 7) is 8.62. The Hall–Kier alpha value is -0.0400. The van der Waals surface area contributed by atoms with Crippen molar-refractivity contribution < 1.29 is 4.74 Å². The summed E-state index contributed by atoms with van der Waals surface area (Å²) in [5, 5.41) is 0. The predicted octanol–water partition coefficient (Wildman–Crippen LogP) is 3.24. The van der Waals surface area contributed by atoms with Crippen molar-refractivity contribution >= 4 is 0 Å². The Morgan fingerprint density at radius 3 is 1.55 bits per heavy atom. The number of hydrogen-bond donors (Lipinski definition) is 0. The number of ether oxygens (including phenoxy) is 1. The SMILES string of the molecule is CC1COC1.CCCCCC. The summed E-state index contributed by atoms with van der Waals surface area (Å²) < 4.78 is 4.83.